The number of piperidine rings is 2. The van der Waals surface area contributed by atoms with Crippen LogP contribution in [0, 0.1) is 11.8 Å². The van der Waals surface area contributed by atoms with Gasteiger partial charge in [0.25, 0.3) is 0 Å². The molecule has 3 aliphatic rings. The van der Waals surface area contributed by atoms with E-state index in [1.54, 1.807) is 0 Å². The van der Waals surface area contributed by atoms with Crippen LogP contribution in [0.3, 0.4) is 0 Å². The molecule has 0 aliphatic carbocycles. The predicted octanol–water partition coefficient (Wildman–Crippen LogP) is 2.22. The molecule has 0 aromatic carbocycles. The van der Waals surface area contributed by atoms with Crippen LogP contribution in [0.4, 0.5) is 0 Å². The number of hydrogen-bond acceptors (Lipinski definition) is 3. The van der Waals surface area contributed by atoms with Gasteiger partial charge in [0.05, 0.1) is 0 Å². The standard InChI is InChI=1S/C16H31N3.ClH/c1-2-10-18(9-1)14-16-5-11-19(12-6-16)13-15-3-7-17-8-4-15;/h15-17H,1-14H2;1H. The molecule has 3 saturated heterocycles. The van der Waals surface area contributed by atoms with Gasteiger partial charge in [-0.3, -0.25) is 0 Å². The molecule has 118 valence electrons. The van der Waals surface area contributed by atoms with Crippen LogP contribution in [0.25, 0.3) is 0 Å². The van der Waals surface area contributed by atoms with Gasteiger partial charge in [-0.1, -0.05) is 0 Å². The van der Waals surface area contributed by atoms with Crippen molar-refractivity contribution >= 4 is 12.4 Å². The van der Waals surface area contributed by atoms with Gasteiger partial charge >= 0.3 is 0 Å². The Hall–Kier alpha value is 0.170. The molecule has 3 fully saturated rings. The van der Waals surface area contributed by atoms with E-state index in [1.807, 2.05) is 0 Å². The van der Waals surface area contributed by atoms with E-state index >= 15 is 0 Å². The van der Waals surface area contributed by atoms with Gasteiger partial charge in [-0.05, 0) is 89.6 Å². The highest BCUT2D eigenvalue weighted by atomic mass is 35.5. The molecular weight excluding hydrogens is 270 g/mol. The molecule has 1 N–H and O–H groups in total. The van der Waals surface area contributed by atoms with Crippen LogP contribution in [-0.4, -0.2) is 62.2 Å². The monoisotopic (exact) mass is 301 g/mol. The highest BCUT2D eigenvalue weighted by molar-refractivity contribution is 5.85. The van der Waals surface area contributed by atoms with Crippen molar-refractivity contribution < 1.29 is 0 Å². The van der Waals surface area contributed by atoms with Crippen molar-refractivity contribution in [1.82, 2.24) is 15.1 Å². The maximum Gasteiger partial charge on any atom is 0.00106 e. The highest BCUT2D eigenvalue weighted by Crippen LogP contribution is 2.22. The molecule has 0 amide bonds. The maximum absolute atomic E-state index is 3.48. The largest absolute Gasteiger partial charge is 0.317 e. The molecule has 0 unspecified atom stereocenters. The second-order valence-electron chi connectivity index (χ2n) is 6.95. The van der Waals surface area contributed by atoms with Crippen LogP contribution >= 0.6 is 12.4 Å². The molecule has 0 aromatic rings. The minimum Gasteiger partial charge on any atom is -0.317 e. The fourth-order valence-corrected chi connectivity index (χ4v) is 4.11. The van der Waals surface area contributed by atoms with Gasteiger partial charge in [0.1, 0.15) is 0 Å². The molecule has 3 heterocycles. The number of halogens is 1. The average molecular weight is 302 g/mol. The van der Waals surface area contributed by atoms with E-state index in [4.69, 9.17) is 0 Å². The zero-order valence-corrected chi connectivity index (χ0v) is 13.7. The van der Waals surface area contributed by atoms with Crippen LogP contribution in [-0.2, 0) is 0 Å². The van der Waals surface area contributed by atoms with Gasteiger partial charge in [0.2, 0.25) is 0 Å². The first-order valence-corrected chi connectivity index (χ1v) is 8.55. The van der Waals surface area contributed by atoms with Crippen LogP contribution in [0.1, 0.15) is 38.5 Å². The van der Waals surface area contributed by atoms with E-state index in [-0.39, 0.29) is 12.4 Å². The van der Waals surface area contributed by atoms with E-state index < -0.39 is 0 Å². The summed E-state index contributed by atoms with van der Waals surface area (Å²) in [6.07, 6.45) is 8.56. The Labute approximate surface area is 130 Å². The van der Waals surface area contributed by atoms with Crippen molar-refractivity contribution in [2.75, 3.05) is 52.4 Å². The average Bonchev–Trinajstić information content (AvgIpc) is 2.95. The van der Waals surface area contributed by atoms with Crippen molar-refractivity contribution in [3.63, 3.8) is 0 Å². The fourth-order valence-electron chi connectivity index (χ4n) is 4.11. The minimum atomic E-state index is 0. The van der Waals surface area contributed by atoms with Gasteiger partial charge in [0, 0.05) is 13.1 Å². The Kier molecular flexibility index (Phi) is 7.09. The first-order chi connectivity index (χ1) is 9.40. The normalized spacial score (nSPS) is 27.6. The zero-order chi connectivity index (χ0) is 12.9. The SMILES string of the molecule is C1CCN(CC2CCN(CC3CCNCC3)CC2)C1.Cl. The summed E-state index contributed by atoms with van der Waals surface area (Å²) in [5.74, 6) is 1.96. The van der Waals surface area contributed by atoms with Crippen molar-refractivity contribution in [3.05, 3.63) is 0 Å². The lowest BCUT2D eigenvalue weighted by Gasteiger charge is -2.36. The Morgan fingerprint density at radius 2 is 1.20 bits per heavy atom. The predicted molar refractivity (Wildman–Crippen MR) is 87.7 cm³/mol. The van der Waals surface area contributed by atoms with E-state index in [0.717, 1.165) is 11.8 Å². The summed E-state index contributed by atoms with van der Waals surface area (Å²) < 4.78 is 0. The number of hydrogen-bond donors (Lipinski definition) is 1. The zero-order valence-electron chi connectivity index (χ0n) is 12.9. The van der Waals surface area contributed by atoms with E-state index in [0.29, 0.717) is 0 Å². The molecule has 0 atom stereocenters. The van der Waals surface area contributed by atoms with E-state index in [1.165, 1.54) is 90.9 Å². The number of likely N-dealkylation sites (tertiary alicyclic amines) is 2. The molecule has 0 aromatic heterocycles. The summed E-state index contributed by atoms with van der Waals surface area (Å²) in [5.41, 5.74) is 0. The van der Waals surface area contributed by atoms with Crippen molar-refractivity contribution in [2.45, 2.75) is 38.5 Å². The molecule has 0 bridgehead atoms. The Morgan fingerprint density at radius 3 is 1.80 bits per heavy atom. The summed E-state index contributed by atoms with van der Waals surface area (Å²) >= 11 is 0. The molecule has 3 aliphatic heterocycles. The van der Waals surface area contributed by atoms with Crippen molar-refractivity contribution in [1.29, 1.82) is 0 Å². The molecular formula is C16H32ClN3. The first kappa shape index (κ1) is 16.5. The maximum atomic E-state index is 3.48. The minimum absolute atomic E-state index is 0. The number of rotatable bonds is 4. The summed E-state index contributed by atoms with van der Waals surface area (Å²) in [4.78, 5) is 5.45. The molecule has 3 nitrogen and oxygen atoms in total. The topological polar surface area (TPSA) is 18.5 Å². The quantitative estimate of drug-likeness (QED) is 0.859. The Bertz CT molecular complexity index is 254. The van der Waals surface area contributed by atoms with Crippen LogP contribution in [0.5, 0.6) is 0 Å². The van der Waals surface area contributed by atoms with Gasteiger partial charge in [-0.2, -0.15) is 0 Å². The van der Waals surface area contributed by atoms with Crippen molar-refractivity contribution in [3.8, 4) is 0 Å². The molecule has 3 rings (SSSR count). The smallest absolute Gasteiger partial charge is 0.00106 e. The summed E-state index contributed by atoms with van der Waals surface area (Å²) in [6.45, 7) is 10.7. The highest BCUT2D eigenvalue weighted by Gasteiger charge is 2.24. The molecule has 20 heavy (non-hydrogen) atoms. The second kappa shape index (κ2) is 8.57. The lowest BCUT2D eigenvalue weighted by molar-refractivity contribution is 0.130. The van der Waals surface area contributed by atoms with E-state index in [9.17, 15) is 0 Å². The van der Waals surface area contributed by atoms with Gasteiger partial charge in [-0.25, -0.2) is 0 Å². The van der Waals surface area contributed by atoms with E-state index in [2.05, 4.69) is 15.1 Å². The van der Waals surface area contributed by atoms with Gasteiger partial charge in [-0.15, -0.1) is 12.4 Å². The fraction of sp³-hybridized carbons (Fsp3) is 1.00. The molecule has 0 spiro atoms. The lowest BCUT2D eigenvalue weighted by Crippen LogP contribution is -2.42. The third-order valence-corrected chi connectivity index (χ3v) is 5.40. The van der Waals surface area contributed by atoms with Crippen LogP contribution in [0.2, 0.25) is 0 Å². The van der Waals surface area contributed by atoms with Crippen molar-refractivity contribution in [2.24, 2.45) is 11.8 Å². The third kappa shape index (κ3) is 4.87. The Balaban J connectivity index is 0.00000147. The number of nitrogens with zero attached hydrogens (tertiary/aromatic N) is 2. The molecule has 0 saturated carbocycles. The summed E-state index contributed by atoms with van der Waals surface area (Å²) in [5, 5.41) is 3.48. The summed E-state index contributed by atoms with van der Waals surface area (Å²) in [6, 6.07) is 0. The summed E-state index contributed by atoms with van der Waals surface area (Å²) in [7, 11) is 0. The second-order valence-corrected chi connectivity index (χ2v) is 6.95. The Morgan fingerprint density at radius 1 is 0.700 bits per heavy atom. The molecule has 0 radical (unpaired) electrons. The van der Waals surface area contributed by atoms with Crippen LogP contribution in [0.15, 0.2) is 0 Å². The third-order valence-electron chi connectivity index (χ3n) is 5.40. The first-order valence-electron chi connectivity index (χ1n) is 8.55. The molecule has 4 heteroatoms. The van der Waals surface area contributed by atoms with Crippen LogP contribution < -0.4 is 5.32 Å². The lowest BCUT2D eigenvalue weighted by atomic mass is 9.93. The number of nitrogens with one attached hydrogen (secondary N) is 1. The van der Waals surface area contributed by atoms with Gasteiger partial charge < -0.3 is 15.1 Å². The van der Waals surface area contributed by atoms with Gasteiger partial charge in [0.15, 0.2) is 0 Å².